The van der Waals surface area contributed by atoms with E-state index in [0.29, 0.717) is 11.0 Å². The summed E-state index contributed by atoms with van der Waals surface area (Å²) in [5.41, 5.74) is 7.28. The van der Waals surface area contributed by atoms with Crippen LogP contribution in [0.3, 0.4) is 0 Å². The zero-order valence-electron chi connectivity index (χ0n) is 8.61. The molecule has 0 spiro atoms. The summed E-state index contributed by atoms with van der Waals surface area (Å²) >= 11 is 6.00. The van der Waals surface area contributed by atoms with E-state index in [2.05, 4.69) is 10.1 Å². The number of nitrogen functional groups attached to an aromatic ring is 1. The van der Waals surface area contributed by atoms with E-state index in [0.717, 1.165) is 17.9 Å². The van der Waals surface area contributed by atoms with Crippen molar-refractivity contribution in [2.75, 3.05) is 5.73 Å². The van der Waals surface area contributed by atoms with Gasteiger partial charge in [0, 0.05) is 19.7 Å². The van der Waals surface area contributed by atoms with Crippen LogP contribution in [0, 0.1) is 0 Å². The molecule has 0 unspecified atom stereocenters. The minimum absolute atomic E-state index is 0.454. The van der Waals surface area contributed by atoms with Gasteiger partial charge in [-0.15, -0.1) is 0 Å². The predicted molar refractivity (Wildman–Crippen MR) is 59.5 cm³/mol. The van der Waals surface area contributed by atoms with Crippen LogP contribution < -0.4 is 5.73 Å². The van der Waals surface area contributed by atoms with Crippen molar-refractivity contribution in [2.24, 2.45) is 7.05 Å². The summed E-state index contributed by atoms with van der Waals surface area (Å²) in [5, 5.41) is 4.72. The number of anilines is 1. The Morgan fingerprint density at radius 1 is 1.53 bits per heavy atom. The molecule has 0 aromatic carbocycles. The Kier molecular flexibility index (Phi) is 2.40. The van der Waals surface area contributed by atoms with Crippen LogP contribution in [0.1, 0.15) is 6.92 Å². The van der Waals surface area contributed by atoms with Gasteiger partial charge in [0.25, 0.3) is 0 Å². The van der Waals surface area contributed by atoms with Crippen molar-refractivity contribution in [2.45, 2.75) is 13.5 Å². The summed E-state index contributed by atoms with van der Waals surface area (Å²) in [7, 11) is 1.79. The zero-order valence-corrected chi connectivity index (χ0v) is 9.36. The fourth-order valence-corrected chi connectivity index (χ4v) is 1.70. The molecule has 0 fully saturated rings. The largest absolute Gasteiger partial charge is 0.384 e. The molecule has 5 nitrogen and oxygen atoms in total. The Bertz CT molecular complexity index is 465. The number of hydrogen-bond donors (Lipinski definition) is 1. The fourth-order valence-electron chi connectivity index (χ4n) is 1.45. The van der Waals surface area contributed by atoms with Gasteiger partial charge in [0.05, 0.1) is 6.33 Å². The lowest BCUT2D eigenvalue weighted by atomic mass is 10.3. The smallest absolute Gasteiger partial charge is 0.156 e. The maximum Gasteiger partial charge on any atom is 0.156 e. The van der Waals surface area contributed by atoms with Gasteiger partial charge in [-0.05, 0) is 6.92 Å². The number of nitrogens with two attached hydrogens (primary N) is 1. The van der Waals surface area contributed by atoms with Crippen molar-refractivity contribution >= 4 is 17.4 Å². The first kappa shape index (κ1) is 10.0. The number of hydrogen-bond acceptors (Lipinski definition) is 3. The Hall–Kier alpha value is -1.49. The summed E-state index contributed by atoms with van der Waals surface area (Å²) in [4.78, 5) is 4.04. The average molecular weight is 226 g/mol. The molecule has 2 N–H and O–H groups in total. The number of rotatable bonds is 2. The molecule has 0 aliphatic rings. The minimum Gasteiger partial charge on any atom is -0.384 e. The molecular weight excluding hydrogens is 214 g/mol. The molecule has 0 bridgehead atoms. The molecule has 0 radical (unpaired) electrons. The molecule has 0 amide bonds. The third-order valence-corrected chi connectivity index (χ3v) is 2.57. The van der Waals surface area contributed by atoms with Crippen LogP contribution in [-0.4, -0.2) is 19.3 Å². The van der Waals surface area contributed by atoms with Gasteiger partial charge in [0.15, 0.2) is 5.15 Å². The molecule has 2 rings (SSSR count). The molecule has 0 aliphatic carbocycles. The van der Waals surface area contributed by atoms with Gasteiger partial charge in [0.2, 0.25) is 0 Å². The monoisotopic (exact) mass is 225 g/mol. The number of aryl methyl sites for hydroxylation is 2. The van der Waals surface area contributed by atoms with Crippen molar-refractivity contribution in [3.63, 3.8) is 0 Å². The second-order valence-corrected chi connectivity index (χ2v) is 3.61. The first-order valence-electron chi connectivity index (χ1n) is 4.64. The lowest BCUT2D eigenvalue weighted by molar-refractivity contribution is 0.751. The highest BCUT2D eigenvalue weighted by Gasteiger charge is 2.14. The fraction of sp³-hybridized carbons (Fsp3) is 0.333. The molecule has 0 saturated carbocycles. The van der Waals surface area contributed by atoms with Gasteiger partial charge in [0.1, 0.15) is 17.2 Å². The maximum absolute atomic E-state index is 6.00. The SMILES string of the molecule is CCn1cnc(Cl)c1-c1cc(N)n(C)n1. The van der Waals surface area contributed by atoms with Crippen molar-refractivity contribution in [1.29, 1.82) is 0 Å². The third kappa shape index (κ3) is 1.59. The van der Waals surface area contributed by atoms with Crippen LogP contribution in [0.2, 0.25) is 5.15 Å². The molecule has 0 atom stereocenters. The van der Waals surface area contributed by atoms with Crippen molar-refractivity contribution in [1.82, 2.24) is 19.3 Å². The predicted octanol–water partition coefficient (Wildman–Crippen LogP) is 1.54. The maximum atomic E-state index is 6.00. The van der Waals surface area contributed by atoms with E-state index in [-0.39, 0.29) is 0 Å². The second kappa shape index (κ2) is 3.58. The summed E-state index contributed by atoms with van der Waals surface area (Å²) in [6.45, 7) is 2.82. The second-order valence-electron chi connectivity index (χ2n) is 3.25. The first-order chi connectivity index (χ1) is 7.13. The normalized spacial score (nSPS) is 10.9. The van der Waals surface area contributed by atoms with E-state index in [1.54, 1.807) is 24.1 Å². The van der Waals surface area contributed by atoms with Crippen LogP contribution in [0.25, 0.3) is 11.4 Å². The standard InChI is InChI=1S/C9H12ClN5/c1-3-15-5-12-9(10)8(15)6-4-7(11)14(2)13-6/h4-5H,3,11H2,1-2H3. The molecule has 6 heteroatoms. The zero-order chi connectivity index (χ0) is 11.0. The van der Waals surface area contributed by atoms with Crippen molar-refractivity contribution in [3.8, 4) is 11.4 Å². The molecular formula is C9H12ClN5. The van der Waals surface area contributed by atoms with E-state index < -0.39 is 0 Å². The van der Waals surface area contributed by atoms with Gasteiger partial charge >= 0.3 is 0 Å². The molecule has 2 heterocycles. The summed E-state index contributed by atoms with van der Waals surface area (Å²) in [6.07, 6.45) is 1.70. The molecule has 0 saturated heterocycles. The highest BCUT2D eigenvalue weighted by molar-refractivity contribution is 6.31. The van der Waals surface area contributed by atoms with Crippen LogP contribution in [0.4, 0.5) is 5.82 Å². The summed E-state index contributed by atoms with van der Waals surface area (Å²) in [5.74, 6) is 0.602. The van der Waals surface area contributed by atoms with Crippen LogP contribution >= 0.6 is 11.6 Å². The number of nitrogens with zero attached hydrogens (tertiary/aromatic N) is 4. The van der Waals surface area contributed by atoms with E-state index in [1.807, 2.05) is 11.5 Å². The van der Waals surface area contributed by atoms with Crippen molar-refractivity contribution < 1.29 is 0 Å². The first-order valence-corrected chi connectivity index (χ1v) is 5.01. The van der Waals surface area contributed by atoms with E-state index in [4.69, 9.17) is 17.3 Å². The Balaban J connectivity index is 2.57. The quantitative estimate of drug-likeness (QED) is 0.844. The Morgan fingerprint density at radius 3 is 2.80 bits per heavy atom. The van der Waals surface area contributed by atoms with E-state index >= 15 is 0 Å². The van der Waals surface area contributed by atoms with Gasteiger partial charge < -0.3 is 10.3 Å². The lowest BCUT2D eigenvalue weighted by Crippen LogP contribution is -1.98. The summed E-state index contributed by atoms with van der Waals surface area (Å²) < 4.78 is 3.54. The lowest BCUT2D eigenvalue weighted by Gasteiger charge is -2.01. The number of aromatic nitrogens is 4. The van der Waals surface area contributed by atoms with Gasteiger partial charge in [-0.2, -0.15) is 5.10 Å². The van der Waals surface area contributed by atoms with Crippen molar-refractivity contribution in [3.05, 3.63) is 17.5 Å². The highest BCUT2D eigenvalue weighted by Crippen LogP contribution is 2.26. The van der Waals surface area contributed by atoms with E-state index in [1.165, 1.54) is 0 Å². The van der Waals surface area contributed by atoms with Gasteiger partial charge in [-0.1, -0.05) is 11.6 Å². The van der Waals surface area contributed by atoms with Gasteiger partial charge in [-0.25, -0.2) is 4.98 Å². The molecule has 2 aromatic heterocycles. The van der Waals surface area contributed by atoms with Gasteiger partial charge in [-0.3, -0.25) is 4.68 Å². The molecule has 0 aliphatic heterocycles. The van der Waals surface area contributed by atoms with Crippen LogP contribution in [-0.2, 0) is 13.6 Å². The molecule has 15 heavy (non-hydrogen) atoms. The van der Waals surface area contributed by atoms with Crippen LogP contribution in [0.15, 0.2) is 12.4 Å². The Morgan fingerprint density at radius 2 is 2.27 bits per heavy atom. The van der Waals surface area contributed by atoms with E-state index in [9.17, 15) is 0 Å². The average Bonchev–Trinajstić information content (AvgIpc) is 2.71. The molecule has 2 aromatic rings. The number of halogens is 1. The Labute approximate surface area is 92.5 Å². The highest BCUT2D eigenvalue weighted by atomic mass is 35.5. The minimum atomic E-state index is 0.454. The van der Waals surface area contributed by atoms with Crippen LogP contribution in [0.5, 0.6) is 0 Å². The molecule has 80 valence electrons. The third-order valence-electron chi connectivity index (χ3n) is 2.29. The number of imidazole rings is 1. The topological polar surface area (TPSA) is 61.7 Å². The summed E-state index contributed by atoms with van der Waals surface area (Å²) in [6, 6.07) is 1.79.